The lowest BCUT2D eigenvalue weighted by Gasteiger charge is -2.21. The second-order valence-corrected chi connectivity index (χ2v) is 5.81. The van der Waals surface area contributed by atoms with Crippen LogP contribution in [0.25, 0.3) is 0 Å². The molecule has 2 rings (SSSR count). The van der Waals surface area contributed by atoms with Crippen molar-refractivity contribution in [1.29, 1.82) is 0 Å². The van der Waals surface area contributed by atoms with Gasteiger partial charge in [0.15, 0.2) is 0 Å². The van der Waals surface area contributed by atoms with Crippen LogP contribution in [0.2, 0.25) is 0 Å². The van der Waals surface area contributed by atoms with Crippen molar-refractivity contribution in [3.8, 4) is 0 Å². The first-order valence-electron chi connectivity index (χ1n) is 7.79. The molecule has 2 unspecified atom stereocenters. The number of amides is 1. The molecule has 20 heavy (non-hydrogen) atoms. The summed E-state index contributed by atoms with van der Waals surface area (Å²) in [6.07, 6.45) is 3.46. The Morgan fingerprint density at radius 1 is 1.20 bits per heavy atom. The van der Waals surface area contributed by atoms with E-state index in [2.05, 4.69) is 31.0 Å². The molecule has 1 aliphatic carbocycles. The van der Waals surface area contributed by atoms with Gasteiger partial charge in [-0.1, -0.05) is 6.92 Å². The summed E-state index contributed by atoms with van der Waals surface area (Å²) in [5.41, 5.74) is 1.95. The van der Waals surface area contributed by atoms with Crippen molar-refractivity contribution in [1.82, 2.24) is 5.32 Å². The first-order valence-corrected chi connectivity index (χ1v) is 7.79. The summed E-state index contributed by atoms with van der Waals surface area (Å²) < 4.78 is 0. The molecule has 1 fully saturated rings. The summed E-state index contributed by atoms with van der Waals surface area (Å²) in [5.74, 6) is 0.806. The van der Waals surface area contributed by atoms with Crippen LogP contribution in [-0.2, 0) is 0 Å². The van der Waals surface area contributed by atoms with Gasteiger partial charge in [-0.25, -0.2) is 0 Å². The third-order valence-electron chi connectivity index (χ3n) is 4.29. The van der Waals surface area contributed by atoms with Crippen LogP contribution in [-0.4, -0.2) is 25.0 Å². The number of hydrogen-bond acceptors (Lipinski definition) is 2. The van der Waals surface area contributed by atoms with Crippen LogP contribution in [0.5, 0.6) is 0 Å². The Bertz CT molecular complexity index is 437. The van der Waals surface area contributed by atoms with E-state index >= 15 is 0 Å². The zero-order chi connectivity index (χ0) is 14.5. The van der Waals surface area contributed by atoms with Gasteiger partial charge in [0.2, 0.25) is 0 Å². The van der Waals surface area contributed by atoms with E-state index in [9.17, 15) is 4.79 Å². The second-order valence-electron chi connectivity index (χ2n) is 5.81. The average Bonchev–Trinajstić information content (AvgIpc) is 2.86. The number of anilines is 1. The molecule has 1 aliphatic rings. The van der Waals surface area contributed by atoms with Crippen molar-refractivity contribution in [2.45, 2.75) is 46.1 Å². The molecule has 3 heteroatoms. The van der Waals surface area contributed by atoms with Crippen molar-refractivity contribution < 1.29 is 4.79 Å². The Morgan fingerprint density at radius 2 is 1.85 bits per heavy atom. The van der Waals surface area contributed by atoms with Crippen molar-refractivity contribution in [3.05, 3.63) is 29.8 Å². The van der Waals surface area contributed by atoms with E-state index < -0.39 is 0 Å². The summed E-state index contributed by atoms with van der Waals surface area (Å²) in [6.45, 7) is 8.52. The smallest absolute Gasteiger partial charge is 0.251 e. The highest BCUT2D eigenvalue weighted by Gasteiger charge is 2.23. The van der Waals surface area contributed by atoms with Crippen molar-refractivity contribution in [2.75, 3.05) is 18.0 Å². The molecule has 2 atom stereocenters. The Kier molecular flexibility index (Phi) is 5.05. The van der Waals surface area contributed by atoms with Gasteiger partial charge in [-0.2, -0.15) is 0 Å². The Morgan fingerprint density at radius 3 is 2.35 bits per heavy atom. The highest BCUT2D eigenvalue weighted by molar-refractivity contribution is 5.94. The highest BCUT2D eigenvalue weighted by atomic mass is 16.1. The van der Waals surface area contributed by atoms with E-state index in [0.29, 0.717) is 6.04 Å². The fourth-order valence-electron chi connectivity index (χ4n) is 3.02. The van der Waals surface area contributed by atoms with Gasteiger partial charge in [-0.05, 0) is 63.3 Å². The number of nitrogens with one attached hydrogen (secondary N) is 1. The minimum atomic E-state index is 0.0650. The molecule has 1 saturated carbocycles. The van der Waals surface area contributed by atoms with Gasteiger partial charge >= 0.3 is 0 Å². The van der Waals surface area contributed by atoms with Crippen LogP contribution in [0.1, 0.15) is 50.4 Å². The van der Waals surface area contributed by atoms with Crippen LogP contribution in [0.15, 0.2) is 24.3 Å². The van der Waals surface area contributed by atoms with Gasteiger partial charge in [0.25, 0.3) is 5.91 Å². The van der Waals surface area contributed by atoms with Gasteiger partial charge in [-0.15, -0.1) is 0 Å². The molecule has 0 aliphatic heterocycles. The third kappa shape index (κ3) is 3.53. The molecule has 3 nitrogen and oxygen atoms in total. The molecular weight excluding hydrogens is 248 g/mol. The topological polar surface area (TPSA) is 32.3 Å². The third-order valence-corrected chi connectivity index (χ3v) is 4.29. The number of hydrogen-bond donors (Lipinski definition) is 1. The number of rotatable bonds is 5. The van der Waals surface area contributed by atoms with Crippen molar-refractivity contribution >= 4 is 11.6 Å². The van der Waals surface area contributed by atoms with Gasteiger partial charge in [0, 0.05) is 30.4 Å². The maximum absolute atomic E-state index is 12.2. The summed E-state index contributed by atoms with van der Waals surface area (Å²) in [6, 6.07) is 8.31. The fourth-order valence-corrected chi connectivity index (χ4v) is 3.02. The molecule has 1 amide bonds. The van der Waals surface area contributed by atoms with E-state index in [-0.39, 0.29) is 5.91 Å². The lowest BCUT2D eigenvalue weighted by molar-refractivity contribution is 0.0937. The summed E-state index contributed by atoms with van der Waals surface area (Å²) >= 11 is 0. The number of benzene rings is 1. The van der Waals surface area contributed by atoms with Crippen molar-refractivity contribution in [3.63, 3.8) is 0 Å². The number of nitrogens with zero attached hydrogens (tertiary/aromatic N) is 1. The highest BCUT2D eigenvalue weighted by Crippen LogP contribution is 2.25. The Hall–Kier alpha value is -1.51. The predicted octanol–water partition coefficient (Wildman–Crippen LogP) is 3.45. The Balaban J connectivity index is 1.97. The van der Waals surface area contributed by atoms with E-state index in [4.69, 9.17) is 0 Å². The first kappa shape index (κ1) is 14.9. The van der Waals surface area contributed by atoms with E-state index in [1.807, 2.05) is 24.3 Å². The minimum absolute atomic E-state index is 0.0650. The SMILES string of the molecule is CCN(CC)c1ccc(C(=O)NC2CCC(C)C2)cc1. The molecule has 110 valence electrons. The normalized spacial score (nSPS) is 21.8. The monoisotopic (exact) mass is 274 g/mol. The average molecular weight is 274 g/mol. The standard InChI is InChI=1S/C17H26N2O/c1-4-19(5-2)16-10-7-14(8-11-16)17(20)18-15-9-6-13(3)12-15/h7-8,10-11,13,15H,4-6,9,12H2,1-3H3,(H,18,20). The number of carbonyl (C=O) groups is 1. The van der Waals surface area contributed by atoms with Crippen LogP contribution in [0, 0.1) is 5.92 Å². The molecule has 0 bridgehead atoms. The second kappa shape index (κ2) is 6.78. The van der Waals surface area contributed by atoms with Gasteiger partial charge in [0.05, 0.1) is 0 Å². The van der Waals surface area contributed by atoms with Gasteiger partial charge in [-0.3, -0.25) is 4.79 Å². The molecule has 1 aromatic carbocycles. The molecule has 1 N–H and O–H groups in total. The van der Waals surface area contributed by atoms with Crippen molar-refractivity contribution in [2.24, 2.45) is 5.92 Å². The zero-order valence-corrected chi connectivity index (χ0v) is 12.9. The molecule has 1 aromatic rings. The molecule has 0 heterocycles. The zero-order valence-electron chi connectivity index (χ0n) is 12.9. The van der Waals surface area contributed by atoms with Crippen LogP contribution in [0.3, 0.4) is 0 Å². The largest absolute Gasteiger partial charge is 0.372 e. The molecule has 0 radical (unpaired) electrons. The quantitative estimate of drug-likeness (QED) is 0.892. The fraction of sp³-hybridized carbons (Fsp3) is 0.588. The number of carbonyl (C=O) groups excluding carboxylic acids is 1. The van der Waals surface area contributed by atoms with E-state index in [1.165, 1.54) is 12.1 Å². The molecule has 0 saturated heterocycles. The molecular formula is C17H26N2O. The van der Waals surface area contributed by atoms with E-state index in [0.717, 1.165) is 37.4 Å². The minimum Gasteiger partial charge on any atom is -0.372 e. The van der Waals surface area contributed by atoms with Crippen LogP contribution in [0.4, 0.5) is 5.69 Å². The predicted molar refractivity (Wildman–Crippen MR) is 84.3 cm³/mol. The summed E-state index contributed by atoms with van der Waals surface area (Å²) in [4.78, 5) is 14.5. The first-order chi connectivity index (χ1) is 9.63. The molecule has 0 aromatic heterocycles. The molecule has 0 spiro atoms. The summed E-state index contributed by atoms with van der Waals surface area (Å²) in [7, 11) is 0. The van der Waals surface area contributed by atoms with Crippen LogP contribution < -0.4 is 10.2 Å². The maximum Gasteiger partial charge on any atom is 0.251 e. The lowest BCUT2D eigenvalue weighted by atomic mass is 10.1. The van der Waals surface area contributed by atoms with Crippen LogP contribution >= 0.6 is 0 Å². The maximum atomic E-state index is 12.2. The van der Waals surface area contributed by atoms with Gasteiger partial charge in [0.1, 0.15) is 0 Å². The lowest BCUT2D eigenvalue weighted by Crippen LogP contribution is -2.32. The van der Waals surface area contributed by atoms with Gasteiger partial charge < -0.3 is 10.2 Å². The Labute approximate surface area is 122 Å². The van der Waals surface area contributed by atoms with E-state index in [1.54, 1.807) is 0 Å². The summed E-state index contributed by atoms with van der Waals surface area (Å²) in [5, 5.41) is 3.15.